The van der Waals surface area contributed by atoms with Crippen molar-refractivity contribution < 1.29 is 9.53 Å². The Morgan fingerprint density at radius 1 is 1.24 bits per heavy atom. The molecular weight excluding hydrogens is 433 g/mol. The molecule has 1 aromatic carbocycles. The van der Waals surface area contributed by atoms with Crippen LogP contribution in [-0.2, 0) is 16.1 Å². The van der Waals surface area contributed by atoms with Crippen molar-refractivity contribution in [1.82, 2.24) is 15.5 Å². The molecule has 1 aromatic rings. The molecule has 0 aliphatic carbocycles. The van der Waals surface area contributed by atoms with Gasteiger partial charge in [-0.05, 0) is 69.4 Å². The number of nitrogens with zero attached hydrogens (tertiary/aromatic N) is 1. The molecule has 166 valence electrons. The van der Waals surface area contributed by atoms with E-state index < -0.39 is 0 Å². The minimum atomic E-state index is -0.356. The fourth-order valence-electron chi connectivity index (χ4n) is 4.26. The highest BCUT2D eigenvalue weighted by Crippen LogP contribution is 2.30. The number of ether oxygens (including phenoxy) is 1. The van der Waals surface area contributed by atoms with Crippen LogP contribution in [-0.4, -0.2) is 57.2 Å². The lowest BCUT2D eigenvalue weighted by atomic mass is 9.78. The van der Waals surface area contributed by atoms with Crippen LogP contribution in [0.25, 0.3) is 0 Å². The van der Waals surface area contributed by atoms with Gasteiger partial charge in [0.1, 0.15) is 0 Å². The number of nitrogens with one attached hydrogen (secondary N) is 2. The van der Waals surface area contributed by atoms with E-state index in [1.54, 1.807) is 7.11 Å². The molecule has 1 amide bonds. The van der Waals surface area contributed by atoms with E-state index in [9.17, 15) is 4.79 Å². The number of rotatable bonds is 7. The van der Waals surface area contributed by atoms with Gasteiger partial charge in [-0.3, -0.25) is 9.69 Å². The number of benzene rings is 1. The zero-order valence-corrected chi connectivity index (χ0v) is 19.5. The topological polar surface area (TPSA) is 53.6 Å². The minimum Gasteiger partial charge on any atom is -0.384 e. The molecule has 2 aliphatic heterocycles. The maximum absolute atomic E-state index is 12.9. The van der Waals surface area contributed by atoms with Gasteiger partial charge in [0.25, 0.3) is 0 Å². The maximum atomic E-state index is 12.9. The van der Waals surface area contributed by atoms with E-state index in [0.29, 0.717) is 12.5 Å². The summed E-state index contributed by atoms with van der Waals surface area (Å²) >= 11 is 6.28. The second-order valence-electron chi connectivity index (χ2n) is 7.98. The molecule has 0 bridgehead atoms. The fraction of sp³-hybridized carbons (Fsp3) is 0.667. The zero-order valence-electron chi connectivity index (χ0n) is 17.1. The van der Waals surface area contributed by atoms with Crippen molar-refractivity contribution in [2.45, 2.75) is 32.2 Å². The molecule has 0 saturated carbocycles. The van der Waals surface area contributed by atoms with Crippen LogP contribution in [0.5, 0.6) is 0 Å². The summed E-state index contributed by atoms with van der Waals surface area (Å²) in [5, 5.41) is 7.42. The van der Waals surface area contributed by atoms with Gasteiger partial charge >= 0.3 is 0 Å². The quantitative estimate of drug-likeness (QED) is 0.645. The summed E-state index contributed by atoms with van der Waals surface area (Å²) in [4.78, 5) is 15.3. The summed E-state index contributed by atoms with van der Waals surface area (Å²) in [6.07, 6.45) is 3.93. The molecule has 2 N–H and O–H groups in total. The highest BCUT2D eigenvalue weighted by atomic mass is 35.5. The first-order valence-electron chi connectivity index (χ1n) is 10.1. The minimum absolute atomic E-state index is 0. The standard InChI is InChI=1S/C21H32ClN3O2.2ClH/c1-27-16-21(8-10-23-11-9-21)20(26)24-14-17-6-12-25(13-7-17)15-18-4-2-3-5-19(18)22;;/h2-5,17,23H,6-16H2,1H3,(H,24,26);2*1H. The fourth-order valence-corrected chi connectivity index (χ4v) is 4.45. The molecule has 2 heterocycles. The van der Waals surface area contributed by atoms with Crippen LogP contribution in [0.15, 0.2) is 24.3 Å². The highest BCUT2D eigenvalue weighted by molar-refractivity contribution is 6.31. The molecule has 0 unspecified atom stereocenters. The second kappa shape index (κ2) is 13.0. The third-order valence-electron chi connectivity index (χ3n) is 6.07. The average molecular weight is 467 g/mol. The Bertz CT molecular complexity index is 613. The third kappa shape index (κ3) is 7.27. The van der Waals surface area contributed by atoms with Crippen LogP contribution in [0, 0.1) is 11.3 Å². The summed E-state index contributed by atoms with van der Waals surface area (Å²) in [7, 11) is 1.69. The molecule has 3 rings (SSSR count). The summed E-state index contributed by atoms with van der Waals surface area (Å²) in [6, 6.07) is 8.07. The second-order valence-corrected chi connectivity index (χ2v) is 8.39. The number of amides is 1. The summed E-state index contributed by atoms with van der Waals surface area (Å²) in [5.41, 5.74) is 0.837. The Balaban J connectivity index is 0.00000210. The number of carbonyl (C=O) groups excluding carboxylic acids is 1. The summed E-state index contributed by atoms with van der Waals surface area (Å²) in [6.45, 7) is 6.07. The predicted octanol–water partition coefficient (Wildman–Crippen LogP) is 3.53. The van der Waals surface area contributed by atoms with Crippen molar-refractivity contribution in [3.63, 3.8) is 0 Å². The zero-order chi connectivity index (χ0) is 19.1. The monoisotopic (exact) mass is 465 g/mol. The van der Waals surface area contributed by atoms with Crippen molar-refractivity contribution in [3.05, 3.63) is 34.9 Å². The van der Waals surface area contributed by atoms with Crippen molar-refractivity contribution in [2.24, 2.45) is 11.3 Å². The Labute approximate surface area is 192 Å². The van der Waals surface area contributed by atoms with E-state index >= 15 is 0 Å². The van der Waals surface area contributed by atoms with Crippen LogP contribution in [0.4, 0.5) is 0 Å². The number of halogens is 3. The van der Waals surface area contributed by atoms with E-state index in [1.807, 2.05) is 18.2 Å². The van der Waals surface area contributed by atoms with Crippen LogP contribution in [0.3, 0.4) is 0 Å². The van der Waals surface area contributed by atoms with Crippen molar-refractivity contribution >= 4 is 42.3 Å². The first-order valence-corrected chi connectivity index (χ1v) is 10.4. The number of methoxy groups -OCH3 is 1. The van der Waals surface area contributed by atoms with Crippen LogP contribution < -0.4 is 10.6 Å². The number of likely N-dealkylation sites (tertiary alicyclic amines) is 1. The van der Waals surface area contributed by atoms with Gasteiger partial charge in [-0.1, -0.05) is 29.8 Å². The van der Waals surface area contributed by atoms with Gasteiger partial charge in [0.05, 0.1) is 12.0 Å². The molecule has 0 radical (unpaired) electrons. The van der Waals surface area contributed by atoms with Gasteiger partial charge in [0.2, 0.25) is 5.91 Å². The van der Waals surface area contributed by atoms with Gasteiger partial charge in [0, 0.05) is 25.2 Å². The molecule has 2 saturated heterocycles. The van der Waals surface area contributed by atoms with Crippen molar-refractivity contribution in [2.75, 3.05) is 46.4 Å². The molecule has 0 aromatic heterocycles. The van der Waals surface area contributed by atoms with Crippen molar-refractivity contribution in [1.29, 1.82) is 0 Å². The predicted molar refractivity (Wildman–Crippen MR) is 123 cm³/mol. The van der Waals surface area contributed by atoms with Crippen LogP contribution >= 0.6 is 36.4 Å². The largest absolute Gasteiger partial charge is 0.384 e. The lowest BCUT2D eigenvalue weighted by Crippen LogP contribution is -2.51. The molecule has 8 heteroatoms. The highest BCUT2D eigenvalue weighted by Gasteiger charge is 2.39. The van der Waals surface area contributed by atoms with E-state index in [2.05, 4.69) is 21.6 Å². The third-order valence-corrected chi connectivity index (χ3v) is 6.44. The van der Waals surface area contributed by atoms with Gasteiger partial charge < -0.3 is 15.4 Å². The SMILES string of the molecule is COCC1(C(=O)NCC2CCN(Cc3ccccc3Cl)CC2)CCNCC1.Cl.Cl. The number of hydrogen-bond donors (Lipinski definition) is 2. The lowest BCUT2D eigenvalue weighted by Gasteiger charge is -2.37. The van der Waals surface area contributed by atoms with Crippen LogP contribution in [0.1, 0.15) is 31.2 Å². The number of hydrogen-bond acceptors (Lipinski definition) is 4. The average Bonchev–Trinajstić information content (AvgIpc) is 2.70. The molecule has 5 nitrogen and oxygen atoms in total. The van der Waals surface area contributed by atoms with Gasteiger partial charge in [-0.25, -0.2) is 0 Å². The van der Waals surface area contributed by atoms with Gasteiger partial charge in [-0.15, -0.1) is 24.8 Å². The normalized spacial score (nSPS) is 19.7. The van der Waals surface area contributed by atoms with Crippen molar-refractivity contribution in [3.8, 4) is 0 Å². The Morgan fingerprint density at radius 2 is 1.90 bits per heavy atom. The van der Waals surface area contributed by atoms with E-state index in [4.69, 9.17) is 16.3 Å². The first-order chi connectivity index (χ1) is 13.1. The molecule has 0 spiro atoms. The van der Waals surface area contributed by atoms with E-state index in [-0.39, 0.29) is 36.1 Å². The smallest absolute Gasteiger partial charge is 0.228 e. The first kappa shape index (κ1) is 26.5. The van der Waals surface area contributed by atoms with Crippen LogP contribution in [0.2, 0.25) is 5.02 Å². The van der Waals surface area contributed by atoms with E-state index in [1.165, 1.54) is 5.56 Å². The van der Waals surface area contributed by atoms with Gasteiger partial charge in [0.15, 0.2) is 0 Å². The number of carbonyl (C=O) groups is 1. The Kier molecular flexibility index (Phi) is 11.9. The number of piperidine rings is 2. The van der Waals surface area contributed by atoms with E-state index in [0.717, 1.165) is 70.0 Å². The molecular formula is C21H34Cl3N3O2. The maximum Gasteiger partial charge on any atom is 0.228 e. The Morgan fingerprint density at radius 3 is 2.52 bits per heavy atom. The summed E-state index contributed by atoms with van der Waals surface area (Å²) in [5.74, 6) is 0.724. The lowest BCUT2D eigenvalue weighted by molar-refractivity contribution is -0.136. The summed E-state index contributed by atoms with van der Waals surface area (Å²) < 4.78 is 5.37. The molecule has 0 atom stereocenters. The Hall–Kier alpha value is -0.560. The molecule has 2 aliphatic rings. The molecule has 29 heavy (non-hydrogen) atoms. The van der Waals surface area contributed by atoms with Gasteiger partial charge in [-0.2, -0.15) is 0 Å². The molecule has 2 fully saturated rings.